The maximum absolute atomic E-state index is 11.3. The van der Waals surface area contributed by atoms with Crippen molar-refractivity contribution in [2.24, 2.45) is 5.92 Å². The maximum atomic E-state index is 11.3. The van der Waals surface area contributed by atoms with Gasteiger partial charge in [0.05, 0.1) is 10.7 Å². The van der Waals surface area contributed by atoms with Gasteiger partial charge in [-0.2, -0.15) is 0 Å². The van der Waals surface area contributed by atoms with Gasteiger partial charge in [-0.3, -0.25) is 20.0 Å². The molecule has 19 heavy (non-hydrogen) atoms. The van der Waals surface area contributed by atoms with Crippen molar-refractivity contribution < 1.29 is 19.8 Å². The largest absolute Gasteiger partial charge is 0.481 e. The lowest BCUT2D eigenvalue weighted by atomic mass is 9.81. The van der Waals surface area contributed by atoms with Crippen LogP contribution in [0.1, 0.15) is 5.56 Å². The quantitative estimate of drug-likeness (QED) is 0.698. The number of carboxylic acids is 1. The fraction of sp³-hybridized carbons (Fsp3) is 0.417. The molecule has 0 aliphatic carbocycles. The number of aliphatic carboxylic acids is 1. The second-order valence-corrected chi connectivity index (χ2v) is 5.15. The van der Waals surface area contributed by atoms with Crippen molar-refractivity contribution >= 4 is 23.3 Å². The van der Waals surface area contributed by atoms with Crippen LogP contribution in [-0.2, 0) is 15.2 Å². The number of aliphatic hydroxyl groups is 1. The molecule has 3 atom stereocenters. The number of anilines is 1. The molecule has 1 fully saturated rings. The highest BCUT2D eigenvalue weighted by atomic mass is 35.5. The van der Waals surface area contributed by atoms with Gasteiger partial charge in [0.1, 0.15) is 11.5 Å². The molecule has 1 unspecified atom stereocenters. The third kappa shape index (κ3) is 1.58. The first-order valence-electron chi connectivity index (χ1n) is 5.84. The van der Waals surface area contributed by atoms with Gasteiger partial charge in [-0.05, 0) is 6.07 Å². The standard InChI is InChI=1S/C12H13ClN2O4/c1-15-9-6(3-2-4-8(9)13)12(18)7(10(16)17)5-14-11(12)19-15/h2-4,7,11,14,18H,5H2,1H3,(H,16,17)/t7?,11-,12+/m1/s1. The minimum atomic E-state index is -1.63. The van der Waals surface area contributed by atoms with E-state index in [1.807, 2.05) is 0 Å². The monoisotopic (exact) mass is 284 g/mol. The highest BCUT2D eigenvalue weighted by molar-refractivity contribution is 6.33. The number of hydrogen-bond acceptors (Lipinski definition) is 5. The normalized spacial score (nSPS) is 32.9. The van der Waals surface area contributed by atoms with E-state index in [1.165, 1.54) is 5.06 Å². The molecule has 0 radical (unpaired) electrons. The summed E-state index contributed by atoms with van der Waals surface area (Å²) in [7, 11) is 1.67. The number of nitrogens with one attached hydrogen (secondary N) is 1. The zero-order valence-electron chi connectivity index (χ0n) is 10.1. The first kappa shape index (κ1) is 12.7. The molecular weight excluding hydrogens is 272 g/mol. The summed E-state index contributed by atoms with van der Waals surface area (Å²) in [5.74, 6) is -2.06. The predicted octanol–water partition coefficient (Wildman–Crippen LogP) is 0.539. The fourth-order valence-corrected chi connectivity index (χ4v) is 3.10. The van der Waals surface area contributed by atoms with E-state index in [0.29, 0.717) is 16.3 Å². The number of hydroxylamine groups is 1. The van der Waals surface area contributed by atoms with Crippen molar-refractivity contribution in [1.82, 2.24) is 5.32 Å². The number of para-hydroxylation sites is 1. The first-order valence-corrected chi connectivity index (χ1v) is 6.22. The Labute approximate surface area is 114 Å². The van der Waals surface area contributed by atoms with Crippen molar-refractivity contribution in [3.05, 3.63) is 28.8 Å². The third-order valence-corrected chi connectivity index (χ3v) is 4.04. The van der Waals surface area contributed by atoms with Gasteiger partial charge in [-0.15, -0.1) is 0 Å². The molecule has 3 rings (SSSR count). The highest BCUT2D eigenvalue weighted by Gasteiger charge is 2.58. The Morgan fingerprint density at radius 3 is 3.05 bits per heavy atom. The molecule has 1 aromatic rings. The molecule has 2 aliphatic rings. The Kier molecular flexibility index (Phi) is 2.72. The fourth-order valence-electron chi connectivity index (χ4n) is 2.81. The number of rotatable bonds is 1. The van der Waals surface area contributed by atoms with E-state index in [9.17, 15) is 15.0 Å². The molecule has 0 aromatic heterocycles. The van der Waals surface area contributed by atoms with E-state index in [1.54, 1.807) is 25.2 Å². The van der Waals surface area contributed by atoms with Crippen LogP contribution in [0.25, 0.3) is 0 Å². The van der Waals surface area contributed by atoms with Crippen LogP contribution in [0.15, 0.2) is 18.2 Å². The lowest BCUT2D eigenvalue weighted by molar-refractivity contribution is -0.167. The molecule has 0 amide bonds. The average Bonchev–Trinajstić information content (AvgIpc) is 2.68. The van der Waals surface area contributed by atoms with Gasteiger partial charge in [0.25, 0.3) is 0 Å². The predicted molar refractivity (Wildman–Crippen MR) is 67.8 cm³/mol. The van der Waals surface area contributed by atoms with E-state index in [-0.39, 0.29) is 6.54 Å². The van der Waals surface area contributed by atoms with Gasteiger partial charge in [0.2, 0.25) is 0 Å². The van der Waals surface area contributed by atoms with Crippen molar-refractivity contribution in [2.75, 3.05) is 18.7 Å². The summed E-state index contributed by atoms with van der Waals surface area (Å²) >= 11 is 6.12. The molecule has 0 saturated carbocycles. The molecule has 6 nitrogen and oxygen atoms in total. The number of benzene rings is 1. The Morgan fingerprint density at radius 2 is 2.37 bits per heavy atom. The van der Waals surface area contributed by atoms with Gasteiger partial charge in [0.15, 0.2) is 6.23 Å². The molecule has 1 saturated heterocycles. The molecule has 102 valence electrons. The number of halogens is 1. The summed E-state index contributed by atoms with van der Waals surface area (Å²) in [4.78, 5) is 16.9. The van der Waals surface area contributed by atoms with Crippen LogP contribution in [0.3, 0.4) is 0 Å². The number of carboxylic acid groups (broad SMARTS) is 1. The Bertz CT molecular complexity index is 553. The second-order valence-electron chi connectivity index (χ2n) is 4.74. The zero-order valence-corrected chi connectivity index (χ0v) is 10.9. The molecule has 1 aromatic carbocycles. The molecule has 2 aliphatic heterocycles. The maximum Gasteiger partial charge on any atom is 0.311 e. The van der Waals surface area contributed by atoms with E-state index in [0.717, 1.165) is 0 Å². The van der Waals surface area contributed by atoms with E-state index >= 15 is 0 Å². The lowest BCUT2D eigenvalue weighted by Crippen LogP contribution is -2.53. The second kappa shape index (κ2) is 4.08. The molecule has 2 heterocycles. The molecule has 3 N–H and O–H groups in total. The van der Waals surface area contributed by atoms with Crippen LogP contribution < -0.4 is 10.4 Å². The topological polar surface area (TPSA) is 82.0 Å². The van der Waals surface area contributed by atoms with Crippen molar-refractivity contribution in [3.63, 3.8) is 0 Å². The van der Waals surface area contributed by atoms with Crippen LogP contribution in [0, 0.1) is 5.92 Å². The SMILES string of the molecule is CN1O[C@H]2NCC(C(=O)O)[C@@]2(O)c2cccc(Cl)c21. The number of fused-ring (bicyclic) bond motifs is 3. The third-order valence-electron chi connectivity index (χ3n) is 3.73. The Morgan fingerprint density at radius 1 is 1.63 bits per heavy atom. The first-order chi connectivity index (χ1) is 8.96. The Hall–Kier alpha value is -1.34. The molecule has 7 heteroatoms. The van der Waals surface area contributed by atoms with Gasteiger partial charge < -0.3 is 10.2 Å². The van der Waals surface area contributed by atoms with E-state index in [4.69, 9.17) is 16.4 Å². The van der Waals surface area contributed by atoms with Crippen LogP contribution in [0.5, 0.6) is 0 Å². The summed E-state index contributed by atoms with van der Waals surface area (Å²) in [5, 5.41) is 24.9. The van der Waals surface area contributed by atoms with Crippen molar-refractivity contribution in [3.8, 4) is 0 Å². The Balaban J connectivity index is 2.22. The zero-order chi connectivity index (χ0) is 13.8. The average molecular weight is 285 g/mol. The molecule has 0 spiro atoms. The van der Waals surface area contributed by atoms with Gasteiger partial charge in [-0.1, -0.05) is 23.7 Å². The van der Waals surface area contributed by atoms with Gasteiger partial charge >= 0.3 is 5.97 Å². The van der Waals surface area contributed by atoms with E-state index < -0.39 is 23.7 Å². The summed E-state index contributed by atoms with van der Waals surface area (Å²) in [6.45, 7) is 0.135. The van der Waals surface area contributed by atoms with Crippen LogP contribution in [0.4, 0.5) is 5.69 Å². The van der Waals surface area contributed by atoms with Crippen molar-refractivity contribution in [1.29, 1.82) is 0 Å². The highest BCUT2D eigenvalue weighted by Crippen LogP contribution is 2.48. The van der Waals surface area contributed by atoms with Gasteiger partial charge in [-0.25, -0.2) is 0 Å². The smallest absolute Gasteiger partial charge is 0.311 e. The van der Waals surface area contributed by atoms with Gasteiger partial charge in [0, 0.05) is 19.2 Å². The van der Waals surface area contributed by atoms with Crippen LogP contribution >= 0.6 is 11.6 Å². The molecular formula is C12H13ClN2O4. The van der Waals surface area contributed by atoms with Crippen LogP contribution in [0.2, 0.25) is 5.02 Å². The lowest BCUT2D eigenvalue weighted by Gasteiger charge is -2.42. The van der Waals surface area contributed by atoms with Crippen molar-refractivity contribution in [2.45, 2.75) is 11.8 Å². The van der Waals surface area contributed by atoms with E-state index in [2.05, 4.69) is 5.32 Å². The summed E-state index contributed by atoms with van der Waals surface area (Å²) < 4.78 is 0. The summed E-state index contributed by atoms with van der Waals surface area (Å²) in [6.07, 6.45) is -0.801. The number of nitrogens with zero attached hydrogens (tertiary/aromatic N) is 1. The number of hydrogen-bond donors (Lipinski definition) is 3. The molecule has 0 bridgehead atoms. The summed E-state index contributed by atoms with van der Waals surface area (Å²) in [6, 6.07) is 5.03. The minimum Gasteiger partial charge on any atom is -0.481 e. The number of carbonyl (C=O) groups is 1. The minimum absolute atomic E-state index is 0.135. The summed E-state index contributed by atoms with van der Waals surface area (Å²) in [5.41, 5.74) is -0.660. The van der Waals surface area contributed by atoms with Crippen LogP contribution in [-0.4, -0.2) is 36.0 Å².